The molecule has 22 heavy (non-hydrogen) atoms. The molecule has 0 aromatic carbocycles. The molecule has 3 rings (SSSR count). The number of carboxylic acids is 1. The maximum Gasteiger partial charge on any atom is 0.345 e. The molecule has 7 heteroatoms. The van der Waals surface area contributed by atoms with Crippen molar-refractivity contribution in [3.63, 3.8) is 0 Å². The summed E-state index contributed by atoms with van der Waals surface area (Å²) in [6, 6.07) is 4.62. The summed E-state index contributed by atoms with van der Waals surface area (Å²) in [4.78, 5) is 40.3. The summed E-state index contributed by atoms with van der Waals surface area (Å²) in [6.07, 6.45) is 0.589. The number of thiophene rings is 1. The quantitative estimate of drug-likeness (QED) is 0.881. The Hall–Kier alpha value is -2.41. The van der Waals surface area contributed by atoms with E-state index >= 15 is 0 Å². The number of carbonyl (C=O) groups is 2. The zero-order valence-corrected chi connectivity index (χ0v) is 12.7. The molecule has 3 heterocycles. The van der Waals surface area contributed by atoms with E-state index in [0.717, 1.165) is 22.6 Å². The minimum atomic E-state index is -1.02. The Morgan fingerprint density at radius 2 is 2.14 bits per heavy atom. The monoisotopic (exact) mass is 318 g/mol. The van der Waals surface area contributed by atoms with E-state index in [1.54, 1.807) is 17.9 Å². The predicted octanol–water partition coefficient (Wildman–Crippen LogP) is 1.64. The number of aryl methyl sites for hydroxylation is 1. The lowest BCUT2D eigenvalue weighted by Crippen LogP contribution is -2.37. The summed E-state index contributed by atoms with van der Waals surface area (Å²) in [5.41, 5.74) is 2.09. The fourth-order valence-electron chi connectivity index (χ4n) is 2.59. The van der Waals surface area contributed by atoms with Crippen molar-refractivity contribution in [2.45, 2.75) is 19.9 Å². The number of H-pyrrole nitrogens is 1. The van der Waals surface area contributed by atoms with Gasteiger partial charge in [0, 0.05) is 36.1 Å². The Morgan fingerprint density at radius 3 is 2.82 bits per heavy atom. The average molecular weight is 318 g/mol. The molecule has 0 bridgehead atoms. The maximum absolute atomic E-state index is 12.6. The largest absolute Gasteiger partial charge is 0.477 e. The van der Waals surface area contributed by atoms with E-state index < -0.39 is 5.97 Å². The Morgan fingerprint density at radius 1 is 1.36 bits per heavy atom. The summed E-state index contributed by atoms with van der Waals surface area (Å²) < 4.78 is 0. The number of carbonyl (C=O) groups excluding carboxylic acids is 1. The first-order valence-corrected chi connectivity index (χ1v) is 7.61. The number of carboxylic acid groups (broad SMARTS) is 1. The van der Waals surface area contributed by atoms with Crippen LogP contribution in [-0.4, -0.2) is 33.4 Å². The van der Waals surface area contributed by atoms with Crippen LogP contribution >= 0.6 is 11.3 Å². The second kappa shape index (κ2) is 5.42. The Bertz CT molecular complexity index is 821. The van der Waals surface area contributed by atoms with Crippen molar-refractivity contribution in [1.82, 2.24) is 9.88 Å². The molecular weight excluding hydrogens is 304 g/mol. The number of hydrogen-bond acceptors (Lipinski definition) is 4. The van der Waals surface area contributed by atoms with Crippen LogP contribution in [-0.2, 0) is 13.0 Å². The molecule has 0 unspecified atom stereocenters. The van der Waals surface area contributed by atoms with E-state index in [4.69, 9.17) is 5.11 Å². The van der Waals surface area contributed by atoms with Gasteiger partial charge in [-0.2, -0.15) is 0 Å². The van der Waals surface area contributed by atoms with E-state index in [9.17, 15) is 14.4 Å². The standard InChI is InChI=1S/C15H14N2O4S/c1-8-10(6-12(22-8)15(20)21)14(19)17-5-4-11-9(7-17)2-3-13(18)16-11/h2-3,6H,4-5,7H2,1H3,(H,16,18)(H,20,21). The lowest BCUT2D eigenvalue weighted by molar-refractivity contribution is 0.0702. The number of nitrogens with one attached hydrogen (secondary N) is 1. The van der Waals surface area contributed by atoms with Crippen molar-refractivity contribution < 1.29 is 14.7 Å². The van der Waals surface area contributed by atoms with Crippen molar-refractivity contribution in [3.05, 3.63) is 55.1 Å². The topological polar surface area (TPSA) is 90.5 Å². The van der Waals surface area contributed by atoms with Crippen LogP contribution in [0, 0.1) is 6.92 Å². The number of fused-ring (bicyclic) bond motifs is 1. The van der Waals surface area contributed by atoms with Crippen LogP contribution in [0.2, 0.25) is 0 Å². The smallest absolute Gasteiger partial charge is 0.345 e. The predicted molar refractivity (Wildman–Crippen MR) is 81.5 cm³/mol. The first kappa shape index (κ1) is 14.5. The van der Waals surface area contributed by atoms with Gasteiger partial charge in [-0.3, -0.25) is 9.59 Å². The second-order valence-corrected chi connectivity index (χ2v) is 6.45. The van der Waals surface area contributed by atoms with Gasteiger partial charge < -0.3 is 15.0 Å². The molecule has 0 saturated heterocycles. The lowest BCUT2D eigenvalue weighted by atomic mass is 10.0. The van der Waals surface area contributed by atoms with Gasteiger partial charge in [0.1, 0.15) is 4.88 Å². The Balaban J connectivity index is 1.86. The number of aromatic amines is 1. The highest BCUT2D eigenvalue weighted by Crippen LogP contribution is 2.25. The molecule has 1 aliphatic rings. The first-order chi connectivity index (χ1) is 10.5. The van der Waals surface area contributed by atoms with Crippen molar-refractivity contribution in [1.29, 1.82) is 0 Å². The number of rotatable bonds is 2. The molecule has 1 amide bonds. The third-order valence-electron chi connectivity index (χ3n) is 3.74. The normalized spacial score (nSPS) is 13.8. The third kappa shape index (κ3) is 2.55. The minimum absolute atomic E-state index is 0.140. The van der Waals surface area contributed by atoms with Gasteiger partial charge in [0.15, 0.2) is 0 Å². The highest BCUT2D eigenvalue weighted by molar-refractivity contribution is 7.14. The third-order valence-corrected chi connectivity index (χ3v) is 4.78. The van der Waals surface area contributed by atoms with E-state index in [1.165, 1.54) is 12.1 Å². The van der Waals surface area contributed by atoms with Gasteiger partial charge in [0.25, 0.3) is 5.91 Å². The van der Waals surface area contributed by atoms with Gasteiger partial charge in [0.05, 0.1) is 5.56 Å². The summed E-state index contributed by atoms with van der Waals surface area (Å²) >= 11 is 1.11. The molecule has 1 aliphatic heterocycles. The molecular formula is C15H14N2O4S. The summed E-state index contributed by atoms with van der Waals surface area (Å²) in [5, 5.41) is 9.02. The maximum atomic E-state index is 12.6. The van der Waals surface area contributed by atoms with E-state index in [2.05, 4.69) is 4.98 Å². The molecule has 0 fully saturated rings. The Kier molecular flexibility index (Phi) is 3.58. The average Bonchev–Trinajstić information content (AvgIpc) is 2.88. The molecule has 2 aromatic heterocycles. The van der Waals surface area contributed by atoms with E-state index in [-0.39, 0.29) is 16.3 Å². The zero-order chi connectivity index (χ0) is 15.9. The van der Waals surface area contributed by atoms with Crippen LogP contribution in [0.3, 0.4) is 0 Å². The van der Waals surface area contributed by atoms with E-state index in [1.807, 2.05) is 0 Å². The van der Waals surface area contributed by atoms with Gasteiger partial charge in [-0.15, -0.1) is 11.3 Å². The van der Waals surface area contributed by atoms with Crippen LogP contribution in [0.5, 0.6) is 0 Å². The van der Waals surface area contributed by atoms with Gasteiger partial charge >= 0.3 is 5.97 Å². The molecule has 2 aromatic rings. The summed E-state index contributed by atoms with van der Waals surface area (Å²) in [6.45, 7) is 2.67. The van der Waals surface area contributed by atoms with Crippen molar-refractivity contribution >= 4 is 23.2 Å². The number of amides is 1. The molecule has 0 atom stereocenters. The highest BCUT2D eigenvalue weighted by atomic mass is 32.1. The summed E-state index contributed by atoms with van der Waals surface area (Å²) in [5.74, 6) is -1.19. The minimum Gasteiger partial charge on any atom is -0.477 e. The fourth-order valence-corrected chi connectivity index (χ4v) is 3.44. The van der Waals surface area contributed by atoms with Gasteiger partial charge in [-0.1, -0.05) is 6.07 Å². The van der Waals surface area contributed by atoms with Crippen LogP contribution in [0.4, 0.5) is 0 Å². The zero-order valence-electron chi connectivity index (χ0n) is 11.9. The van der Waals surface area contributed by atoms with Crippen molar-refractivity contribution in [3.8, 4) is 0 Å². The Labute approximate surface area is 130 Å². The molecule has 6 nitrogen and oxygen atoms in total. The van der Waals surface area contributed by atoms with Crippen LogP contribution in [0.15, 0.2) is 23.0 Å². The van der Waals surface area contributed by atoms with Crippen LogP contribution < -0.4 is 5.56 Å². The number of aromatic nitrogens is 1. The molecule has 0 spiro atoms. The SMILES string of the molecule is Cc1sc(C(=O)O)cc1C(=O)N1CCc2[nH]c(=O)ccc2C1. The van der Waals surface area contributed by atoms with Gasteiger partial charge in [-0.05, 0) is 18.6 Å². The molecule has 0 aliphatic carbocycles. The molecule has 2 N–H and O–H groups in total. The fraction of sp³-hybridized carbons (Fsp3) is 0.267. The number of hydrogen-bond donors (Lipinski definition) is 2. The molecule has 0 saturated carbocycles. The van der Waals surface area contributed by atoms with Gasteiger partial charge in [-0.25, -0.2) is 4.79 Å². The van der Waals surface area contributed by atoms with E-state index in [0.29, 0.717) is 30.0 Å². The van der Waals surface area contributed by atoms with Crippen LogP contribution in [0.25, 0.3) is 0 Å². The number of nitrogens with zero attached hydrogens (tertiary/aromatic N) is 1. The van der Waals surface area contributed by atoms with Crippen LogP contribution in [0.1, 0.15) is 36.2 Å². The summed E-state index contributed by atoms with van der Waals surface area (Å²) in [7, 11) is 0. The number of pyridine rings is 1. The van der Waals surface area contributed by atoms with Crippen molar-refractivity contribution in [2.24, 2.45) is 0 Å². The lowest BCUT2D eigenvalue weighted by Gasteiger charge is -2.28. The first-order valence-electron chi connectivity index (χ1n) is 6.80. The molecule has 0 radical (unpaired) electrons. The molecule has 114 valence electrons. The second-order valence-electron chi connectivity index (χ2n) is 5.19. The highest BCUT2D eigenvalue weighted by Gasteiger charge is 2.25. The van der Waals surface area contributed by atoms with Gasteiger partial charge in [0.2, 0.25) is 5.56 Å². The number of aromatic carboxylic acids is 1. The van der Waals surface area contributed by atoms with Crippen molar-refractivity contribution in [2.75, 3.05) is 6.54 Å².